The van der Waals surface area contributed by atoms with E-state index in [1.54, 1.807) is 50.8 Å². The summed E-state index contributed by atoms with van der Waals surface area (Å²) in [7, 11) is -3.79. The van der Waals surface area contributed by atoms with Gasteiger partial charge >= 0.3 is 0 Å². The Kier molecular flexibility index (Phi) is 25.0. The summed E-state index contributed by atoms with van der Waals surface area (Å²) in [6.07, 6.45) is 17.6. The number of aliphatic hydroxyl groups excluding tert-OH is 1. The third-order valence-corrected chi connectivity index (χ3v) is 20.7. The number of aryl methyl sites for hydroxylation is 1. The highest BCUT2D eigenvalue weighted by atomic mass is 35.5. The van der Waals surface area contributed by atoms with Crippen molar-refractivity contribution in [2.24, 2.45) is 5.92 Å². The molecule has 97 heavy (non-hydrogen) atoms. The molecule has 23 nitrogen and oxygen atoms in total. The molecule has 3 aromatic carbocycles. The number of hydrogen-bond acceptors (Lipinski definition) is 14. The first kappa shape index (κ1) is 74.1. The number of carbonyl (C=O) groups is 1. The number of rotatable bonds is 31. The number of fused-ring (bicyclic) bond motifs is 3. The summed E-state index contributed by atoms with van der Waals surface area (Å²) in [6, 6.07) is 21.7. The second-order valence-corrected chi connectivity index (χ2v) is 32.2. The van der Waals surface area contributed by atoms with E-state index >= 15 is 0 Å². The van der Waals surface area contributed by atoms with Crippen LogP contribution in [0.15, 0.2) is 77.7 Å². The second-order valence-electron chi connectivity index (χ2n) is 29.0. The zero-order valence-corrected chi connectivity index (χ0v) is 61.5. The number of hydrogen-bond donors (Lipinski definition) is 7. The van der Waals surface area contributed by atoms with Gasteiger partial charge in [-0.1, -0.05) is 177 Å². The summed E-state index contributed by atoms with van der Waals surface area (Å²) in [5.41, 5.74) is 8.40. The molecule has 0 bridgehead atoms. The summed E-state index contributed by atoms with van der Waals surface area (Å²) in [6.45, 7) is 28.1. The third kappa shape index (κ3) is 19.4. The van der Waals surface area contributed by atoms with Gasteiger partial charge in [0.2, 0.25) is 10.0 Å². The number of carbonyl (C=O) groups excluding carboxylic acids is 1. The van der Waals surface area contributed by atoms with E-state index in [1.165, 1.54) is 44.9 Å². The minimum Gasteiger partial charge on any atom is -0.477 e. The minimum absolute atomic E-state index is 0.0919. The molecule has 0 spiro atoms. The highest BCUT2D eigenvalue weighted by Gasteiger charge is 2.34. The number of amides is 1. The van der Waals surface area contributed by atoms with E-state index in [4.69, 9.17) is 45.8 Å². The fraction of sp³-hybridized carbons (Fsp3) is 0.563. The third-order valence-electron chi connectivity index (χ3n) is 17.7. The van der Waals surface area contributed by atoms with Crippen LogP contribution in [0.4, 0.5) is 11.4 Å². The van der Waals surface area contributed by atoms with E-state index < -0.39 is 27.4 Å². The van der Waals surface area contributed by atoms with Crippen molar-refractivity contribution >= 4 is 67.1 Å². The van der Waals surface area contributed by atoms with Crippen LogP contribution >= 0.6 is 11.6 Å². The van der Waals surface area contributed by atoms with Crippen LogP contribution in [-0.4, -0.2) is 120 Å². The van der Waals surface area contributed by atoms with Crippen molar-refractivity contribution in [2.75, 3.05) is 31.6 Å². The van der Waals surface area contributed by atoms with E-state index in [2.05, 4.69) is 117 Å². The summed E-state index contributed by atoms with van der Waals surface area (Å²) >= 11 is 4.87. The lowest BCUT2D eigenvalue weighted by atomic mass is 9.84. The monoisotopic (exact) mass is 1390 g/mol. The maximum absolute atomic E-state index is 14.4. The normalized spacial score (nSPS) is 14.5. The summed E-state index contributed by atoms with van der Waals surface area (Å²) < 4.78 is 64.0. The number of unbranched alkanes of at least 4 members (excludes halogenated alkanes) is 10. The van der Waals surface area contributed by atoms with Crippen molar-refractivity contribution in [3.63, 3.8) is 0 Å². The predicted octanol–water partition coefficient (Wildman–Crippen LogP) is 14.9. The van der Waals surface area contributed by atoms with Gasteiger partial charge in [-0.15, -0.1) is 20.4 Å². The van der Waals surface area contributed by atoms with Gasteiger partial charge in [-0.3, -0.25) is 20.1 Å². The van der Waals surface area contributed by atoms with E-state index in [0.29, 0.717) is 69.7 Å². The van der Waals surface area contributed by atoms with Crippen molar-refractivity contribution in [2.45, 2.75) is 232 Å². The number of sulfonamides is 1. The molecule has 1 saturated carbocycles. The lowest BCUT2D eigenvalue weighted by Gasteiger charge is -2.29. The van der Waals surface area contributed by atoms with Crippen LogP contribution in [0.25, 0.3) is 39.7 Å². The van der Waals surface area contributed by atoms with Gasteiger partial charge < -0.3 is 24.7 Å². The fourth-order valence-electron chi connectivity index (χ4n) is 11.8. The van der Waals surface area contributed by atoms with Crippen LogP contribution in [0, 0.1) is 12.8 Å². The van der Waals surface area contributed by atoms with E-state index in [9.17, 15) is 17.4 Å². The molecule has 9 aromatic rings. The second kappa shape index (κ2) is 32.7. The Labute approximate surface area is 579 Å². The molecular formula is C71H103ClN16O7S2. The SMILES string of the molecule is CCCCCCCCN(CCCCCCCC)S(=O)(=O)c1ccc(Cl)c(Nc2cc(-c3nc4cc(C(C)(C)C)[nH]n4n3)cc(-c3nc4cc(C(C)(C)C)[nH]n4n3)c2)c1.Cc1ccc(OC(C)C(=O)NCCO)c(OS(=O)NC(c2nnc3cc(C(C)(C)C)[nH]n23)C2CCCCC2)c1. The van der Waals surface area contributed by atoms with E-state index in [0.717, 1.165) is 98.0 Å². The molecule has 0 aliphatic heterocycles. The van der Waals surface area contributed by atoms with Gasteiger partial charge in [-0.2, -0.15) is 22.5 Å². The molecule has 26 heteroatoms. The van der Waals surface area contributed by atoms with Crippen LogP contribution in [-0.2, 0) is 42.3 Å². The lowest BCUT2D eigenvalue weighted by Crippen LogP contribution is -2.38. The summed E-state index contributed by atoms with van der Waals surface area (Å²) in [4.78, 5) is 22.2. The van der Waals surface area contributed by atoms with Crippen LogP contribution < -0.4 is 24.3 Å². The van der Waals surface area contributed by atoms with Gasteiger partial charge in [0.15, 0.2) is 52.0 Å². The van der Waals surface area contributed by atoms with Gasteiger partial charge in [0.25, 0.3) is 17.2 Å². The van der Waals surface area contributed by atoms with Crippen LogP contribution in [0.3, 0.4) is 0 Å². The molecule has 6 heterocycles. The number of nitrogens with one attached hydrogen (secondary N) is 6. The smallest absolute Gasteiger partial charge is 0.288 e. The first-order valence-electron chi connectivity index (χ1n) is 34.7. The number of nitrogens with zero attached hydrogens (tertiary/aromatic N) is 10. The average Bonchev–Trinajstić information content (AvgIpc) is 1.68. The van der Waals surface area contributed by atoms with Crippen molar-refractivity contribution in [3.05, 3.63) is 106 Å². The largest absolute Gasteiger partial charge is 0.477 e. The zero-order valence-electron chi connectivity index (χ0n) is 59.1. The Balaban J connectivity index is 0.000000246. The molecule has 1 aliphatic rings. The number of anilines is 2. The molecule has 1 aliphatic carbocycles. The molecule has 0 radical (unpaired) electrons. The maximum atomic E-state index is 14.4. The molecule has 3 unspecified atom stereocenters. The van der Waals surface area contributed by atoms with Gasteiger partial charge in [0, 0.05) is 88.0 Å². The maximum Gasteiger partial charge on any atom is 0.288 e. The molecule has 6 aromatic heterocycles. The highest BCUT2D eigenvalue weighted by molar-refractivity contribution is 7.89. The molecule has 0 saturated heterocycles. The standard InChI is InChI=1S/C44H63ClN10O2S.C27H40N6O5S/c1-9-11-13-15-17-19-23-53(24-20-18-16-14-12-10-2)58(56,57)34-21-22-35(45)36(28-34)46-33-26-31(41-47-39-29-37(43(3,4)5)49-54(39)51-41)25-32(27-33)42-48-40-30-38(44(6,7)8)50-55(40)52-42;1-17-11-12-20(37-18(2)26(35)28-13-14-34)21(15-17)38-39(36)32-24(19-9-7-6-8-10-19)25-30-29-23-16-22(27(3,4)5)31-33(23)25/h21-22,25-30,46,49-50H,9-20,23-24H2,1-8H3;11-12,15-16,18-19,24,31-32,34H,6-10,13-14H2,1-5H3,(H,28,35). The Morgan fingerprint density at radius 1 is 0.701 bits per heavy atom. The van der Waals surface area contributed by atoms with E-state index in [-0.39, 0.29) is 57.9 Å². The number of benzene rings is 3. The molecule has 1 fully saturated rings. The predicted molar refractivity (Wildman–Crippen MR) is 385 cm³/mol. The fourth-order valence-corrected chi connectivity index (χ4v) is 14.4. The highest BCUT2D eigenvalue weighted by Crippen LogP contribution is 2.38. The van der Waals surface area contributed by atoms with Crippen LogP contribution in [0.1, 0.15) is 227 Å². The molecular weight excluding hydrogens is 1290 g/mol. The number of H-pyrrole nitrogens is 3. The van der Waals surface area contributed by atoms with Crippen molar-refractivity contribution in [3.8, 4) is 34.3 Å². The topological polar surface area (TPSA) is 284 Å². The first-order chi connectivity index (χ1) is 46.1. The Morgan fingerprint density at radius 2 is 1.25 bits per heavy atom. The van der Waals surface area contributed by atoms with Crippen molar-refractivity contribution in [1.82, 2.24) is 73.8 Å². The van der Waals surface area contributed by atoms with Crippen molar-refractivity contribution < 1.29 is 31.4 Å². The Hall–Kier alpha value is -7.16. The summed E-state index contributed by atoms with van der Waals surface area (Å²) in [5, 5.41) is 44.0. The Morgan fingerprint density at radius 3 is 1.79 bits per heavy atom. The first-order valence-corrected chi connectivity index (χ1v) is 37.6. The molecule has 10 rings (SSSR count). The molecule has 7 N–H and O–H groups in total. The van der Waals surface area contributed by atoms with E-state index in [1.807, 2.05) is 53.9 Å². The number of ether oxygens (including phenoxy) is 1. The van der Waals surface area contributed by atoms with Crippen molar-refractivity contribution in [1.29, 1.82) is 0 Å². The number of aliphatic hydroxyl groups is 1. The van der Waals surface area contributed by atoms with Crippen LogP contribution in [0.5, 0.6) is 11.5 Å². The van der Waals surface area contributed by atoms with Gasteiger partial charge in [0.1, 0.15) is 0 Å². The minimum atomic E-state index is -3.79. The number of halogens is 1. The molecule has 3 atom stereocenters. The lowest BCUT2D eigenvalue weighted by molar-refractivity contribution is -0.127. The van der Waals surface area contributed by atoms with Gasteiger partial charge in [-0.05, 0) is 99.5 Å². The quantitative estimate of drug-likeness (QED) is 0.0199. The Bertz CT molecular complexity index is 4010. The zero-order chi connectivity index (χ0) is 69.8. The number of aromatic amines is 3. The number of aromatic nitrogens is 12. The molecule has 1 amide bonds. The average molecular weight is 1390 g/mol. The van der Waals surface area contributed by atoms with Gasteiger partial charge in [0.05, 0.1) is 28.3 Å². The van der Waals surface area contributed by atoms with Crippen LogP contribution in [0.2, 0.25) is 5.02 Å². The van der Waals surface area contributed by atoms with Gasteiger partial charge in [-0.25, -0.2) is 22.9 Å². The summed E-state index contributed by atoms with van der Waals surface area (Å²) in [5.74, 6) is 2.08. The molecule has 528 valence electrons.